The summed E-state index contributed by atoms with van der Waals surface area (Å²) in [5.74, 6) is -1.87. The molecule has 1 aromatic rings. The Bertz CT molecular complexity index is 392. The van der Waals surface area contributed by atoms with Gasteiger partial charge in [0.2, 0.25) is 0 Å². The highest BCUT2D eigenvalue weighted by atomic mass is 19.2. The fraction of sp³-hybridized carbons (Fsp3) is 0.571. The lowest BCUT2D eigenvalue weighted by atomic mass is 9.82. The first-order valence-corrected chi connectivity index (χ1v) is 5.80. The zero-order chi connectivity index (χ0) is 13.3. The van der Waals surface area contributed by atoms with Crippen molar-refractivity contribution in [3.8, 4) is 0 Å². The topological polar surface area (TPSA) is 20.2 Å². The second-order valence-corrected chi connectivity index (χ2v) is 5.94. The molecule has 0 radical (unpaired) electrons. The van der Waals surface area contributed by atoms with Crippen LogP contribution in [0.2, 0.25) is 0 Å². The number of aliphatic hydroxyl groups is 1. The molecule has 3 heteroatoms. The van der Waals surface area contributed by atoms with Crippen LogP contribution in [0.25, 0.3) is 0 Å². The van der Waals surface area contributed by atoms with Crippen LogP contribution in [-0.4, -0.2) is 5.11 Å². The molecule has 17 heavy (non-hydrogen) atoms. The van der Waals surface area contributed by atoms with E-state index in [2.05, 4.69) is 0 Å². The van der Waals surface area contributed by atoms with Gasteiger partial charge in [0.05, 0.1) is 5.60 Å². The van der Waals surface area contributed by atoms with Crippen LogP contribution in [-0.2, 0) is 5.60 Å². The zero-order valence-corrected chi connectivity index (χ0v) is 10.8. The minimum absolute atomic E-state index is 0.0294. The van der Waals surface area contributed by atoms with E-state index in [0.29, 0.717) is 6.42 Å². The van der Waals surface area contributed by atoms with Crippen LogP contribution in [0.15, 0.2) is 18.2 Å². The lowest BCUT2D eigenvalue weighted by molar-refractivity contribution is 0.0317. The fourth-order valence-electron chi connectivity index (χ4n) is 1.67. The van der Waals surface area contributed by atoms with Gasteiger partial charge in [-0.3, -0.25) is 0 Å². The van der Waals surface area contributed by atoms with Gasteiger partial charge in [-0.05, 0) is 31.2 Å². The summed E-state index contributed by atoms with van der Waals surface area (Å²) < 4.78 is 26.7. The Morgan fingerprint density at radius 2 is 1.65 bits per heavy atom. The Hall–Kier alpha value is -0.960. The molecule has 0 aromatic heterocycles. The second-order valence-electron chi connectivity index (χ2n) is 5.94. The molecule has 1 aromatic carbocycles. The average molecular weight is 242 g/mol. The van der Waals surface area contributed by atoms with E-state index in [0.717, 1.165) is 12.5 Å². The van der Waals surface area contributed by atoms with Gasteiger partial charge in [0.25, 0.3) is 0 Å². The van der Waals surface area contributed by atoms with E-state index in [-0.39, 0.29) is 11.0 Å². The van der Waals surface area contributed by atoms with Gasteiger partial charge < -0.3 is 5.11 Å². The Morgan fingerprint density at radius 3 is 2.18 bits per heavy atom. The molecule has 96 valence electrons. The largest absolute Gasteiger partial charge is 0.385 e. The predicted octanol–water partition coefficient (Wildman–Crippen LogP) is 4.00. The first kappa shape index (κ1) is 14.1. The normalized spacial score (nSPS) is 15.7. The predicted molar refractivity (Wildman–Crippen MR) is 64.6 cm³/mol. The molecule has 1 nitrogen and oxygen atoms in total. The Morgan fingerprint density at radius 1 is 1.06 bits per heavy atom. The lowest BCUT2D eigenvalue weighted by Crippen LogP contribution is -2.25. The molecule has 0 aliphatic carbocycles. The Balaban J connectivity index is 2.93. The van der Waals surface area contributed by atoms with Crippen molar-refractivity contribution in [3.05, 3.63) is 35.4 Å². The maximum Gasteiger partial charge on any atom is 0.164 e. The highest BCUT2D eigenvalue weighted by Gasteiger charge is 2.29. The fourth-order valence-corrected chi connectivity index (χ4v) is 1.67. The van der Waals surface area contributed by atoms with E-state index < -0.39 is 17.2 Å². The maximum atomic E-state index is 13.6. The van der Waals surface area contributed by atoms with Crippen molar-refractivity contribution in [2.45, 2.75) is 46.1 Å². The van der Waals surface area contributed by atoms with Crippen LogP contribution in [0.1, 0.15) is 46.1 Å². The van der Waals surface area contributed by atoms with Gasteiger partial charge in [-0.1, -0.05) is 32.9 Å². The molecule has 0 fully saturated rings. The summed E-state index contributed by atoms with van der Waals surface area (Å²) in [6.07, 6.45) is 1.13. The van der Waals surface area contributed by atoms with Gasteiger partial charge in [-0.25, -0.2) is 8.78 Å². The second kappa shape index (κ2) is 4.73. The maximum absolute atomic E-state index is 13.6. The third-order valence-corrected chi connectivity index (χ3v) is 2.89. The highest BCUT2D eigenvalue weighted by Crippen LogP contribution is 2.33. The molecule has 0 aliphatic rings. The first-order chi connectivity index (χ1) is 7.63. The summed E-state index contributed by atoms with van der Waals surface area (Å²) in [6.45, 7) is 7.66. The minimum atomic E-state index is -1.33. The average Bonchev–Trinajstić information content (AvgIpc) is 2.18. The molecular weight excluding hydrogens is 222 g/mol. The number of halogens is 2. The summed E-state index contributed by atoms with van der Waals surface area (Å²) in [7, 11) is 0. The first-order valence-electron chi connectivity index (χ1n) is 5.80. The molecule has 0 saturated heterocycles. The van der Waals surface area contributed by atoms with Gasteiger partial charge in [0, 0.05) is 5.56 Å². The van der Waals surface area contributed by atoms with E-state index in [1.165, 1.54) is 19.1 Å². The smallest absolute Gasteiger partial charge is 0.164 e. The van der Waals surface area contributed by atoms with Crippen molar-refractivity contribution in [1.29, 1.82) is 0 Å². The summed E-state index contributed by atoms with van der Waals surface area (Å²) in [5, 5.41) is 10.2. The van der Waals surface area contributed by atoms with Crippen molar-refractivity contribution in [1.82, 2.24) is 0 Å². The molecule has 0 saturated carbocycles. The van der Waals surface area contributed by atoms with E-state index in [4.69, 9.17) is 0 Å². The van der Waals surface area contributed by atoms with Gasteiger partial charge in [0.15, 0.2) is 11.6 Å². The van der Waals surface area contributed by atoms with E-state index in [1.807, 2.05) is 20.8 Å². The van der Waals surface area contributed by atoms with Crippen LogP contribution in [0.5, 0.6) is 0 Å². The van der Waals surface area contributed by atoms with Crippen molar-refractivity contribution >= 4 is 0 Å². The number of hydrogen-bond donors (Lipinski definition) is 1. The number of rotatable bonds is 3. The van der Waals surface area contributed by atoms with Crippen LogP contribution in [0, 0.1) is 17.0 Å². The molecule has 0 aliphatic heterocycles. The van der Waals surface area contributed by atoms with Crippen LogP contribution < -0.4 is 0 Å². The molecule has 1 atom stereocenters. The SMILES string of the molecule is CC(C)(C)CCC(C)(O)c1cccc(F)c1F. The zero-order valence-electron chi connectivity index (χ0n) is 10.8. The number of benzene rings is 1. The van der Waals surface area contributed by atoms with Crippen molar-refractivity contribution in [2.75, 3.05) is 0 Å². The Kier molecular flexibility index (Phi) is 3.92. The molecule has 0 spiro atoms. The molecule has 0 bridgehead atoms. The summed E-state index contributed by atoms with van der Waals surface area (Å²) in [5.41, 5.74) is -1.26. The standard InChI is InChI=1S/C14H20F2O/c1-13(2,3)8-9-14(4,17)10-6-5-7-11(15)12(10)16/h5-7,17H,8-9H2,1-4H3. The minimum Gasteiger partial charge on any atom is -0.385 e. The third kappa shape index (κ3) is 3.77. The van der Waals surface area contributed by atoms with Crippen LogP contribution in [0.4, 0.5) is 8.78 Å². The molecule has 0 amide bonds. The molecule has 0 heterocycles. The quantitative estimate of drug-likeness (QED) is 0.849. The monoisotopic (exact) mass is 242 g/mol. The summed E-state index contributed by atoms with van der Waals surface area (Å²) in [4.78, 5) is 0. The van der Waals surface area contributed by atoms with Crippen molar-refractivity contribution in [2.24, 2.45) is 5.41 Å². The highest BCUT2D eigenvalue weighted by molar-refractivity contribution is 5.24. The van der Waals surface area contributed by atoms with Gasteiger partial charge >= 0.3 is 0 Å². The van der Waals surface area contributed by atoms with E-state index in [1.54, 1.807) is 0 Å². The summed E-state index contributed by atoms with van der Waals surface area (Å²) in [6, 6.07) is 3.90. The molecular formula is C14H20F2O. The molecule has 1 rings (SSSR count). The van der Waals surface area contributed by atoms with Gasteiger partial charge in [-0.2, -0.15) is 0 Å². The molecule has 1 N–H and O–H groups in total. The van der Waals surface area contributed by atoms with Crippen LogP contribution in [0.3, 0.4) is 0 Å². The third-order valence-electron chi connectivity index (χ3n) is 2.89. The van der Waals surface area contributed by atoms with Crippen molar-refractivity contribution < 1.29 is 13.9 Å². The van der Waals surface area contributed by atoms with Crippen LogP contribution >= 0.6 is 0 Å². The van der Waals surface area contributed by atoms with Gasteiger partial charge in [-0.15, -0.1) is 0 Å². The van der Waals surface area contributed by atoms with E-state index in [9.17, 15) is 13.9 Å². The van der Waals surface area contributed by atoms with Crippen molar-refractivity contribution in [3.63, 3.8) is 0 Å². The van der Waals surface area contributed by atoms with Gasteiger partial charge in [0.1, 0.15) is 0 Å². The molecule has 1 unspecified atom stereocenters. The summed E-state index contributed by atoms with van der Waals surface area (Å²) >= 11 is 0. The van der Waals surface area contributed by atoms with E-state index >= 15 is 0 Å². The Labute approximate surface area is 101 Å². The number of hydrogen-bond acceptors (Lipinski definition) is 1. The lowest BCUT2D eigenvalue weighted by Gasteiger charge is -2.28.